The molecule has 0 atom stereocenters. The lowest BCUT2D eigenvalue weighted by molar-refractivity contribution is 0.299. The summed E-state index contributed by atoms with van der Waals surface area (Å²) in [5.41, 5.74) is 4.00. The van der Waals surface area contributed by atoms with E-state index in [0.717, 1.165) is 34.2 Å². The van der Waals surface area contributed by atoms with Crippen LogP contribution in [-0.2, 0) is 6.54 Å². The number of para-hydroxylation sites is 1. The second kappa shape index (κ2) is 7.27. The Hall–Kier alpha value is -3.34. The summed E-state index contributed by atoms with van der Waals surface area (Å²) in [6.07, 6.45) is 3.72. The maximum Gasteiger partial charge on any atom is 0.119 e. The van der Waals surface area contributed by atoms with Crippen LogP contribution in [0.2, 0.25) is 0 Å². The molecule has 2 aromatic heterocycles. The third kappa shape index (κ3) is 3.37. The predicted octanol–water partition coefficient (Wildman–Crippen LogP) is 4.33. The van der Waals surface area contributed by atoms with E-state index in [0.29, 0.717) is 13.2 Å². The van der Waals surface area contributed by atoms with E-state index in [4.69, 9.17) is 4.74 Å². The average Bonchev–Trinajstić information content (AvgIpc) is 3.29. The standard InChI is InChI=1S/C21H20N4O/c1-16-22-14-19(24-16)21-20(17-8-4-2-5-9-17)23-15-25(21)12-13-26-18-10-6-3-7-11-18/h2-11,14-15H,12-13H2,1H3,(H,22,24). The van der Waals surface area contributed by atoms with E-state index in [1.165, 1.54) is 0 Å². The maximum atomic E-state index is 5.85. The molecule has 26 heavy (non-hydrogen) atoms. The quantitative estimate of drug-likeness (QED) is 0.566. The van der Waals surface area contributed by atoms with Crippen LogP contribution in [0.1, 0.15) is 5.82 Å². The third-order valence-electron chi connectivity index (χ3n) is 4.19. The molecule has 0 aliphatic heterocycles. The van der Waals surface area contributed by atoms with Gasteiger partial charge in [0.05, 0.1) is 36.2 Å². The highest BCUT2D eigenvalue weighted by atomic mass is 16.5. The summed E-state index contributed by atoms with van der Waals surface area (Å²) < 4.78 is 7.96. The van der Waals surface area contributed by atoms with E-state index >= 15 is 0 Å². The van der Waals surface area contributed by atoms with Crippen LogP contribution in [0.25, 0.3) is 22.6 Å². The molecule has 0 aliphatic carbocycles. The molecular weight excluding hydrogens is 324 g/mol. The highest BCUT2D eigenvalue weighted by Gasteiger charge is 2.16. The Morgan fingerprint density at radius 2 is 1.69 bits per heavy atom. The molecule has 1 N–H and O–H groups in total. The summed E-state index contributed by atoms with van der Waals surface area (Å²) in [6.45, 7) is 3.21. The van der Waals surface area contributed by atoms with Crippen LogP contribution >= 0.6 is 0 Å². The second-order valence-electron chi connectivity index (χ2n) is 6.05. The topological polar surface area (TPSA) is 55.7 Å². The van der Waals surface area contributed by atoms with Gasteiger partial charge in [-0.1, -0.05) is 48.5 Å². The van der Waals surface area contributed by atoms with E-state index in [1.807, 2.05) is 68.0 Å². The van der Waals surface area contributed by atoms with Gasteiger partial charge in [-0.25, -0.2) is 9.97 Å². The van der Waals surface area contributed by atoms with Gasteiger partial charge in [-0.3, -0.25) is 0 Å². The number of aryl methyl sites for hydroxylation is 1. The van der Waals surface area contributed by atoms with Gasteiger partial charge >= 0.3 is 0 Å². The lowest BCUT2D eigenvalue weighted by Crippen LogP contribution is -2.08. The minimum Gasteiger partial charge on any atom is -0.492 e. The lowest BCUT2D eigenvalue weighted by atomic mass is 10.1. The van der Waals surface area contributed by atoms with Crippen molar-refractivity contribution < 1.29 is 4.74 Å². The minimum absolute atomic E-state index is 0.564. The second-order valence-corrected chi connectivity index (χ2v) is 6.05. The van der Waals surface area contributed by atoms with Crippen LogP contribution in [0.3, 0.4) is 0 Å². The Kier molecular flexibility index (Phi) is 4.51. The van der Waals surface area contributed by atoms with Crippen molar-refractivity contribution in [3.05, 3.63) is 79.0 Å². The molecule has 0 bridgehead atoms. The van der Waals surface area contributed by atoms with E-state index in [2.05, 4.69) is 31.7 Å². The van der Waals surface area contributed by atoms with Crippen LogP contribution in [0.4, 0.5) is 0 Å². The number of ether oxygens (including phenoxy) is 1. The Morgan fingerprint density at radius 1 is 0.962 bits per heavy atom. The number of imidazole rings is 2. The number of nitrogens with one attached hydrogen (secondary N) is 1. The zero-order chi connectivity index (χ0) is 17.8. The molecule has 0 spiro atoms. The molecule has 0 amide bonds. The zero-order valence-corrected chi connectivity index (χ0v) is 14.6. The smallest absolute Gasteiger partial charge is 0.119 e. The van der Waals surface area contributed by atoms with Crippen molar-refractivity contribution >= 4 is 0 Å². The lowest BCUT2D eigenvalue weighted by Gasteiger charge is -2.10. The summed E-state index contributed by atoms with van der Waals surface area (Å²) in [5.74, 6) is 1.75. The predicted molar refractivity (Wildman–Crippen MR) is 102 cm³/mol. The summed E-state index contributed by atoms with van der Waals surface area (Å²) >= 11 is 0. The molecule has 5 nitrogen and oxygen atoms in total. The number of hydrogen-bond acceptors (Lipinski definition) is 3. The normalized spacial score (nSPS) is 10.8. The van der Waals surface area contributed by atoms with Crippen molar-refractivity contribution in [1.29, 1.82) is 0 Å². The molecule has 0 saturated heterocycles. The first-order chi connectivity index (χ1) is 12.8. The first-order valence-corrected chi connectivity index (χ1v) is 8.61. The van der Waals surface area contributed by atoms with E-state index in [9.17, 15) is 0 Å². The number of rotatable bonds is 6. The fraction of sp³-hybridized carbons (Fsp3) is 0.143. The Morgan fingerprint density at radius 3 is 2.38 bits per heavy atom. The van der Waals surface area contributed by atoms with Crippen LogP contribution < -0.4 is 4.74 Å². The van der Waals surface area contributed by atoms with Gasteiger partial charge in [0.1, 0.15) is 18.2 Å². The molecule has 4 aromatic rings. The molecule has 2 heterocycles. The van der Waals surface area contributed by atoms with Gasteiger partial charge in [0.25, 0.3) is 0 Å². The molecule has 5 heteroatoms. The first-order valence-electron chi connectivity index (χ1n) is 8.61. The van der Waals surface area contributed by atoms with Gasteiger partial charge in [0.15, 0.2) is 0 Å². The van der Waals surface area contributed by atoms with Gasteiger partial charge in [0.2, 0.25) is 0 Å². The monoisotopic (exact) mass is 344 g/mol. The van der Waals surface area contributed by atoms with Crippen molar-refractivity contribution in [3.63, 3.8) is 0 Å². The van der Waals surface area contributed by atoms with Crippen molar-refractivity contribution in [2.45, 2.75) is 13.5 Å². The number of H-pyrrole nitrogens is 1. The van der Waals surface area contributed by atoms with Gasteiger partial charge < -0.3 is 14.3 Å². The third-order valence-corrected chi connectivity index (χ3v) is 4.19. The van der Waals surface area contributed by atoms with Gasteiger partial charge in [-0.2, -0.15) is 0 Å². The Balaban J connectivity index is 1.63. The summed E-state index contributed by atoms with van der Waals surface area (Å²) in [6, 6.07) is 20.0. The zero-order valence-electron chi connectivity index (χ0n) is 14.6. The Labute approximate surface area is 152 Å². The van der Waals surface area contributed by atoms with E-state index in [1.54, 1.807) is 0 Å². The highest BCUT2D eigenvalue weighted by Crippen LogP contribution is 2.30. The number of aromatic amines is 1. The van der Waals surface area contributed by atoms with E-state index < -0.39 is 0 Å². The van der Waals surface area contributed by atoms with Crippen molar-refractivity contribution in [2.24, 2.45) is 0 Å². The van der Waals surface area contributed by atoms with Crippen LogP contribution in [0.15, 0.2) is 73.2 Å². The van der Waals surface area contributed by atoms with Crippen LogP contribution in [0, 0.1) is 6.92 Å². The SMILES string of the molecule is Cc1ncc(-c2c(-c3ccccc3)ncn2CCOc2ccccc2)[nH]1. The first kappa shape index (κ1) is 16.1. The molecule has 0 saturated carbocycles. The largest absolute Gasteiger partial charge is 0.492 e. The fourth-order valence-electron chi connectivity index (χ4n) is 2.96. The van der Waals surface area contributed by atoms with Gasteiger partial charge in [0, 0.05) is 5.56 Å². The number of benzene rings is 2. The molecule has 0 fully saturated rings. The molecule has 2 aromatic carbocycles. The minimum atomic E-state index is 0.564. The molecule has 0 radical (unpaired) electrons. The summed E-state index contributed by atoms with van der Waals surface area (Å²) in [7, 11) is 0. The number of hydrogen-bond donors (Lipinski definition) is 1. The van der Waals surface area contributed by atoms with Gasteiger partial charge in [-0.15, -0.1) is 0 Å². The molecule has 0 aliphatic rings. The molecular formula is C21H20N4O. The molecule has 0 unspecified atom stereocenters. The molecule has 130 valence electrons. The summed E-state index contributed by atoms with van der Waals surface area (Å²) in [5, 5.41) is 0. The number of nitrogens with zero attached hydrogens (tertiary/aromatic N) is 3. The van der Waals surface area contributed by atoms with Crippen LogP contribution in [0.5, 0.6) is 5.75 Å². The number of aromatic nitrogens is 4. The maximum absolute atomic E-state index is 5.85. The van der Waals surface area contributed by atoms with Crippen LogP contribution in [-0.4, -0.2) is 26.1 Å². The van der Waals surface area contributed by atoms with Crippen molar-refractivity contribution in [1.82, 2.24) is 19.5 Å². The fourth-order valence-corrected chi connectivity index (χ4v) is 2.96. The highest BCUT2D eigenvalue weighted by molar-refractivity contribution is 5.76. The van der Waals surface area contributed by atoms with Crippen molar-refractivity contribution in [3.8, 4) is 28.4 Å². The van der Waals surface area contributed by atoms with Crippen molar-refractivity contribution in [2.75, 3.05) is 6.61 Å². The average molecular weight is 344 g/mol. The van der Waals surface area contributed by atoms with E-state index in [-0.39, 0.29) is 0 Å². The molecule has 4 rings (SSSR count). The summed E-state index contributed by atoms with van der Waals surface area (Å²) in [4.78, 5) is 12.3. The van der Waals surface area contributed by atoms with Gasteiger partial charge in [-0.05, 0) is 19.1 Å². The Bertz CT molecular complexity index is 974.